The molecule has 1 radical (unpaired) electrons. The average Bonchev–Trinajstić information content (AvgIpc) is 2.71. The maximum Gasteiger partial charge on any atom is 0.113 e. The van der Waals surface area contributed by atoms with E-state index in [2.05, 4.69) is 16.4 Å². The van der Waals surface area contributed by atoms with E-state index in [0.717, 1.165) is 5.69 Å². The van der Waals surface area contributed by atoms with E-state index < -0.39 is 0 Å². The van der Waals surface area contributed by atoms with Gasteiger partial charge in [-0.05, 0) is 25.0 Å². The van der Waals surface area contributed by atoms with Crippen LogP contribution in [0.1, 0.15) is 24.5 Å². The molecular formula is C7H7N2. The largest absolute Gasteiger partial charge is 0.155 e. The Morgan fingerprint density at radius 1 is 1.56 bits per heavy atom. The Balaban J connectivity index is 2.29. The van der Waals surface area contributed by atoms with Crippen LogP contribution in [0.3, 0.4) is 0 Å². The second kappa shape index (κ2) is 1.79. The summed E-state index contributed by atoms with van der Waals surface area (Å²) in [7, 11) is 0. The van der Waals surface area contributed by atoms with Crippen LogP contribution in [0.5, 0.6) is 0 Å². The molecular weight excluding hydrogens is 112 g/mol. The Bertz CT molecular complexity index is 191. The van der Waals surface area contributed by atoms with Crippen molar-refractivity contribution in [3.63, 3.8) is 0 Å². The highest BCUT2D eigenvalue weighted by Gasteiger charge is 2.24. The van der Waals surface area contributed by atoms with E-state index >= 15 is 0 Å². The van der Waals surface area contributed by atoms with Gasteiger partial charge in [0.1, 0.15) is 6.20 Å². The SMILES string of the molecule is [c]1ccc(C2CC2)nn1. The van der Waals surface area contributed by atoms with E-state index in [9.17, 15) is 0 Å². The van der Waals surface area contributed by atoms with E-state index in [0.29, 0.717) is 5.92 Å². The molecule has 0 saturated heterocycles. The summed E-state index contributed by atoms with van der Waals surface area (Å²) in [5, 5.41) is 7.61. The maximum absolute atomic E-state index is 3.94. The lowest BCUT2D eigenvalue weighted by Crippen LogP contribution is -1.86. The first-order valence-electron chi connectivity index (χ1n) is 3.16. The Labute approximate surface area is 53.9 Å². The van der Waals surface area contributed by atoms with Crippen LogP contribution in [0.25, 0.3) is 0 Å². The predicted octanol–water partition coefficient (Wildman–Crippen LogP) is 1.15. The van der Waals surface area contributed by atoms with Gasteiger partial charge in [0.25, 0.3) is 0 Å². The van der Waals surface area contributed by atoms with Gasteiger partial charge in [-0.1, -0.05) is 0 Å². The Hall–Kier alpha value is -0.920. The third kappa shape index (κ3) is 0.922. The van der Waals surface area contributed by atoms with Crippen LogP contribution >= 0.6 is 0 Å². The summed E-state index contributed by atoms with van der Waals surface area (Å²) < 4.78 is 0. The molecule has 0 atom stereocenters. The monoisotopic (exact) mass is 119 g/mol. The summed E-state index contributed by atoms with van der Waals surface area (Å²) in [4.78, 5) is 0. The minimum atomic E-state index is 0.715. The van der Waals surface area contributed by atoms with Crippen LogP contribution in [0.2, 0.25) is 0 Å². The fourth-order valence-electron chi connectivity index (χ4n) is 0.873. The summed E-state index contributed by atoms with van der Waals surface area (Å²) in [6.07, 6.45) is 5.24. The van der Waals surface area contributed by atoms with E-state index in [1.54, 1.807) is 0 Å². The summed E-state index contributed by atoms with van der Waals surface area (Å²) >= 11 is 0. The fourth-order valence-corrected chi connectivity index (χ4v) is 0.873. The average molecular weight is 119 g/mol. The van der Waals surface area contributed by atoms with Gasteiger partial charge in [-0.3, -0.25) is 0 Å². The molecule has 0 N–H and O–H groups in total. The Morgan fingerprint density at radius 3 is 3.00 bits per heavy atom. The van der Waals surface area contributed by atoms with Crippen LogP contribution in [-0.2, 0) is 0 Å². The molecule has 9 heavy (non-hydrogen) atoms. The molecule has 1 aliphatic rings. The number of hydrogen-bond donors (Lipinski definition) is 0. The van der Waals surface area contributed by atoms with Crippen LogP contribution < -0.4 is 0 Å². The normalized spacial score (nSPS) is 17.8. The molecule has 0 spiro atoms. The molecule has 1 aromatic heterocycles. The van der Waals surface area contributed by atoms with Crippen molar-refractivity contribution in [2.24, 2.45) is 0 Å². The topological polar surface area (TPSA) is 25.8 Å². The van der Waals surface area contributed by atoms with Crippen molar-refractivity contribution >= 4 is 0 Å². The number of rotatable bonds is 1. The minimum Gasteiger partial charge on any atom is -0.155 e. The summed E-state index contributed by atoms with van der Waals surface area (Å²) in [5.41, 5.74) is 1.13. The summed E-state index contributed by atoms with van der Waals surface area (Å²) in [6.45, 7) is 0. The molecule has 2 heteroatoms. The van der Waals surface area contributed by atoms with Crippen LogP contribution in [0.4, 0.5) is 0 Å². The second-order valence-electron chi connectivity index (χ2n) is 2.36. The molecule has 45 valence electrons. The van der Waals surface area contributed by atoms with Gasteiger partial charge in [0, 0.05) is 5.92 Å². The van der Waals surface area contributed by atoms with E-state index in [1.165, 1.54) is 12.8 Å². The standard InChI is InChI=1S/C7H7N2/c1-2-7(6-3-4-6)9-8-5-1/h1-2,6H,3-4H2. The lowest BCUT2D eigenvalue weighted by molar-refractivity contribution is 0.906. The zero-order valence-corrected chi connectivity index (χ0v) is 5.04. The lowest BCUT2D eigenvalue weighted by Gasteiger charge is -1.89. The van der Waals surface area contributed by atoms with Crippen molar-refractivity contribution in [2.75, 3.05) is 0 Å². The van der Waals surface area contributed by atoms with Gasteiger partial charge in [0.2, 0.25) is 0 Å². The fraction of sp³-hybridized carbons (Fsp3) is 0.429. The highest BCUT2D eigenvalue weighted by atomic mass is 15.1. The third-order valence-electron chi connectivity index (χ3n) is 1.55. The van der Waals surface area contributed by atoms with E-state index in [1.807, 2.05) is 12.1 Å². The van der Waals surface area contributed by atoms with Crippen LogP contribution in [0.15, 0.2) is 12.1 Å². The van der Waals surface area contributed by atoms with Gasteiger partial charge in [-0.25, -0.2) is 0 Å². The molecule has 2 rings (SSSR count). The van der Waals surface area contributed by atoms with Crippen molar-refractivity contribution in [3.05, 3.63) is 24.0 Å². The first kappa shape index (κ1) is 4.91. The molecule has 0 unspecified atom stereocenters. The van der Waals surface area contributed by atoms with Crippen molar-refractivity contribution < 1.29 is 0 Å². The maximum atomic E-state index is 3.94. The molecule has 1 heterocycles. The highest BCUT2D eigenvalue weighted by molar-refractivity contribution is 5.11. The molecule has 1 saturated carbocycles. The molecule has 2 nitrogen and oxygen atoms in total. The molecule has 1 aliphatic carbocycles. The number of nitrogens with zero attached hydrogens (tertiary/aromatic N) is 2. The Kier molecular flexibility index (Phi) is 0.979. The Morgan fingerprint density at radius 2 is 2.44 bits per heavy atom. The molecule has 0 aliphatic heterocycles. The second-order valence-corrected chi connectivity index (χ2v) is 2.36. The molecule has 0 aromatic carbocycles. The smallest absolute Gasteiger partial charge is 0.113 e. The molecule has 1 fully saturated rings. The van der Waals surface area contributed by atoms with Gasteiger partial charge >= 0.3 is 0 Å². The number of hydrogen-bond acceptors (Lipinski definition) is 2. The lowest BCUT2D eigenvalue weighted by atomic mass is 10.3. The zero-order valence-electron chi connectivity index (χ0n) is 5.04. The van der Waals surface area contributed by atoms with Crippen LogP contribution in [0, 0.1) is 6.20 Å². The highest BCUT2D eigenvalue weighted by Crippen LogP contribution is 2.38. The first-order chi connectivity index (χ1) is 4.47. The number of aromatic nitrogens is 2. The molecule has 0 bridgehead atoms. The quantitative estimate of drug-likeness (QED) is 0.554. The molecule has 0 amide bonds. The van der Waals surface area contributed by atoms with Crippen LogP contribution in [-0.4, -0.2) is 10.2 Å². The third-order valence-corrected chi connectivity index (χ3v) is 1.55. The van der Waals surface area contributed by atoms with E-state index in [4.69, 9.17) is 0 Å². The van der Waals surface area contributed by atoms with Crippen molar-refractivity contribution in [2.45, 2.75) is 18.8 Å². The van der Waals surface area contributed by atoms with Gasteiger partial charge in [0.15, 0.2) is 0 Å². The van der Waals surface area contributed by atoms with Gasteiger partial charge in [-0.2, -0.15) is 5.10 Å². The minimum absolute atomic E-state index is 0.715. The molecule has 1 aromatic rings. The van der Waals surface area contributed by atoms with E-state index in [-0.39, 0.29) is 0 Å². The first-order valence-corrected chi connectivity index (χ1v) is 3.16. The van der Waals surface area contributed by atoms with Crippen molar-refractivity contribution in [1.29, 1.82) is 0 Å². The van der Waals surface area contributed by atoms with Gasteiger partial charge in [-0.15, -0.1) is 5.10 Å². The van der Waals surface area contributed by atoms with Gasteiger partial charge < -0.3 is 0 Å². The van der Waals surface area contributed by atoms with Gasteiger partial charge in [0.05, 0.1) is 5.69 Å². The van der Waals surface area contributed by atoms with Crippen molar-refractivity contribution in [1.82, 2.24) is 10.2 Å². The summed E-state index contributed by atoms with van der Waals surface area (Å²) in [5.74, 6) is 0.715. The van der Waals surface area contributed by atoms with Crippen molar-refractivity contribution in [3.8, 4) is 0 Å². The predicted molar refractivity (Wildman–Crippen MR) is 32.8 cm³/mol. The zero-order chi connectivity index (χ0) is 6.10. The summed E-state index contributed by atoms with van der Waals surface area (Å²) in [6, 6.07) is 3.81.